The summed E-state index contributed by atoms with van der Waals surface area (Å²) in [4.78, 5) is 13.9. The fourth-order valence-electron chi connectivity index (χ4n) is 3.59. The lowest BCUT2D eigenvalue weighted by atomic mass is 10.1. The Balaban J connectivity index is 1.44. The van der Waals surface area contributed by atoms with E-state index in [9.17, 15) is 0 Å². The summed E-state index contributed by atoms with van der Waals surface area (Å²) in [5, 5.41) is 3.34. The van der Waals surface area contributed by atoms with E-state index in [1.165, 1.54) is 16.8 Å². The predicted molar refractivity (Wildman–Crippen MR) is 112 cm³/mol. The molecule has 0 unspecified atom stereocenters. The molecule has 3 aromatic rings. The zero-order valence-corrected chi connectivity index (χ0v) is 15.9. The first-order valence-electron chi connectivity index (χ1n) is 9.41. The molecule has 0 radical (unpaired) electrons. The number of aromatic nitrogens is 2. The minimum Gasteiger partial charge on any atom is -0.368 e. The number of benzene rings is 2. The Bertz CT molecular complexity index is 881. The van der Waals surface area contributed by atoms with E-state index < -0.39 is 0 Å². The molecule has 0 bridgehead atoms. The topological polar surface area (TPSA) is 44.3 Å². The molecule has 5 nitrogen and oxygen atoms in total. The van der Waals surface area contributed by atoms with Gasteiger partial charge in [-0.05, 0) is 55.3 Å². The van der Waals surface area contributed by atoms with Crippen molar-refractivity contribution in [3.63, 3.8) is 0 Å². The van der Waals surface area contributed by atoms with Gasteiger partial charge in [-0.1, -0.05) is 24.3 Å². The van der Waals surface area contributed by atoms with Crippen LogP contribution in [-0.4, -0.2) is 36.1 Å². The summed E-state index contributed by atoms with van der Waals surface area (Å²) in [7, 11) is 0. The molecule has 27 heavy (non-hydrogen) atoms. The molecule has 0 atom stereocenters. The van der Waals surface area contributed by atoms with Gasteiger partial charge >= 0.3 is 0 Å². The summed E-state index contributed by atoms with van der Waals surface area (Å²) in [5.74, 6) is 1.62. The maximum absolute atomic E-state index is 4.73. The predicted octanol–water partition coefficient (Wildman–Crippen LogP) is 4.16. The number of nitrogens with one attached hydrogen (secondary N) is 1. The summed E-state index contributed by atoms with van der Waals surface area (Å²) >= 11 is 0. The van der Waals surface area contributed by atoms with Crippen molar-refractivity contribution in [3.05, 3.63) is 71.9 Å². The van der Waals surface area contributed by atoms with Crippen LogP contribution in [0.15, 0.2) is 60.8 Å². The SMILES string of the molecule is Cc1cc(C)cc(Nc2nccc(N3CCN(c4ccccc4)CC3)n2)c1. The Morgan fingerprint density at radius 1 is 0.815 bits per heavy atom. The number of anilines is 4. The first-order valence-corrected chi connectivity index (χ1v) is 9.41. The summed E-state index contributed by atoms with van der Waals surface area (Å²) in [6, 6.07) is 19.0. The van der Waals surface area contributed by atoms with Crippen LogP contribution >= 0.6 is 0 Å². The molecular weight excluding hydrogens is 334 g/mol. The van der Waals surface area contributed by atoms with Crippen LogP contribution in [0.3, 0.4) is 0 Å². The van der Waals surface area contributed by atoms with E-state index in [0.29, 0.717) is 5.95 Å². The normalized spacial score (nSPS) is 14.3. The number of nitrogens with zero attached hydrogens (tertiary/aromatic N) is 4. The third-order valence-corrected chi connectivity index (χ3v) is 4.84. The molecule has 0 amide bonds. The first kappa shape index (κ1) is 17.3. The number of hydrogen-bond acceptors (Lipinski definition) is 5. The second-order valence-electron chi connectivity index (χ2n) is 7.05. The molecule has 5 heteroatoms. The van der Waals surface area contributed by atoms with Crippen LogP contribution < -0.4 is 15.1 Å². The van der Waals surface area contributed by atoms with Crippen molar-refractivity contribution < 1.29 is 0 Å². The summed E-state index contributed by atoms with van der Waals surface area (Å²) in [6.45, 7) is 8.09. The van der Waals surface area contributed by atoms with Gasteiger partial charge in [0, 0.05) is 43.8 Å². The Hall–Kier alpha value is -3.08. The number of piperazine rings is 1. The molecule has 4 rings (SSSR count). The zero-order valence-electron chi connectivity index (χ0n) is 15.9. The molecule has 138 valence electrons. The van der Waals surface area contributed by atoms with E-state index >= 15 is 0 Å². The fraction of sp³-hybridized carbons (Fsp3) is 0.273. The molecule has 0 spiro atoms. The highest BCUT2D eigenvalue weighted by Gasteiger charge is 2.18. The van der Waals surface area contributed by atoms with Gasteiger partial charge in [-0.25, -0.2) is 4.98 Å². The molecule has 1 aliphatic rings. The smallest absolute Gasteiger partial charge is 0.229 e. The maximum atomic E-state index is 4.73. The van der Waals surface area contributed by atoms with Crippen molar-refractivity contribution in [1.82, 2.24) is 9.97 Å². The van der Waals surface area contributed by atoms with Crippen LogP contribution in [0.2, 0.25) is 0 Å². The van der Waals surface area contributed by atoms with Gasteiger partial charge in [-0.3, -0.25) is 0 Å². The van der Waals surface area contributed by atoms with Crippen LogP contribution in [0.4, 0.5) is 23.1 Å². The summed E-state index contributed by atoms with van der Waals surface area (Å²) in [6.07, 6.45) is 1.83. The van der Waals surface area contributed by atoms with Crippen molar-refractivity contribution >= 4 is 23.1 Å². The molecule has 2 heterocycles. The van der Waals surface area contributed by atoms with E-state index in [1.807, 2.05) is 12.3 Å². The lowest BCUT2D eigenvalue weighted by Crippen LogP contribution is -2.46. The highest BCUT2D eigenvalue weighted by Crippen LogP contribution is 2.21. The average molecular weight is 359 g/mol. The van der Waals surface area contributed by atoms with Crippen LogP contribution in [0, 0.1) is 13.8 Å². The second-order valence-corrected chi connectivity index (χ2v) is 7.05. The minimum absolute atomic E-state index is 0.642. The van der Waals surface area contributed by atoms with Crippen LogP contribution in [0.25, 0.3) is 0 Å². The van der Waals surface area contributed by atoms with E-state index in [4.69, 9.17) is 4.98 Å². The van der Waals surface area contributed by atoms with Crippen molar-refractivity contribution in [2.24, 2.45) is 0 Å². The number of aryl methyl sites for hydroxylation is 2. The largest absolute Gasteiger partial charge is 0.368 e. The number of rotatable bonds is 4. The van der Waals surface area contributed by atoms with Crippen molar-refractivity contribution in [1.29, 1.82) is 0 Å². The van der Waals surface area contributed by atoms with Gasteiger partial charge in [0.2, 0.25) is 5.95 Å². The van der Waals surface area contributed by atoms with Gasteiger partial charge in [0.15, 0.2) is 0 Å². The monoisotopic (exact) mass is 359 g/mol. The zero-order chi connectivity index (χ0) is 18.6. The van der Waals surface area contributed by atoms with Gasteiger partial charge in [0.1, 0.15) is 5.82 Å². The van der Waals surface area contributed by atoms with Gasteiger partial charge in [-0.2, -0.15) is 4.98 Å². The second kappa shape index (κ2) is 7.66. The molecule has 0 saturated carbocycles. The molecule has 1 N–H and O–H groups in total. The highest BCUT2D eigenvalue weighted by molar-refractivity contribution is 5.57. The quantitative estimate of drug-likeness (QED) is 0.758. The van der Waals surface area contributed by atoms with Crippen molar-refractivity contribution in [2.75, 3.05) is 41.3 Å². The standard InChI is InChI=1S/C22H25N5/c1-17-14-18(2)16-19(15-17)24-22-23-9-8-21(25-22)27-12-10-26(11-13-27)20-6-4-3-5-7-20/h3-9,14-16H,10-13H2,1-2H3,(H,23,24,25). The fourth-order valence-corrected chi connectivity index (χ4v) is 3.59. The maximum Gasteiger partial charge on any atom is 0.229 e. The van der Waals surface area contributed by atoms with E-state index in [-0.39, 0.29) is 0 Å². The minimum atomic E-state index is 0.642. The molecule has 1 saturated heterocycles. The molecule has 1 aromatic heterocycles. The van der Waals surface area contributed by atoms with Gasteiger partial charge < -0.3 is 15.1 Å². The Kier molecular flexibility index (Phi) is 4.92. The lowest BCUT2D eigenvalue weighted by molar-refractivity contribution is 0.647. The summed E-state index contributed by atoms with van der Waals surface area (Å²) < 4.78 is 0. The lowest BCUT2D eigenvalue weighted by Gasteiger charge is -2.36. The van der Waals surface area contributed by atoms with Gasteiger partial charge in [-0.15, -0.1) is 0 Å². The number of hydrogen-bond donors (Lipinski definition) is 1. The summed E-state index contributed by atoms with van der Waals surface area (Å²) in [5.41, 5.74) is 4.77. The third-order valence-electron chi connectivity index (χ3n) is 4.84. The van der Waals surface area contributed by atoms with Crippen LogP contribution in [0.1, 0.15) is 11.1 Å². The molecule has 1 aliphatic heterocycles. The average Bonchev–Trinajstić information content (AvgIpc) is 2.68. The highest BCUT2D eigenvalue weighted by atomic mass is 15.3. The van der Waals surface area contributed by atoms with Crippen molar-refractivity contribution in [3.8, 4) is 0 Å². The first-order chi connectivity index (χ1) is 13.2. The number of para-hydroxylation sites is 1. The Morgan fingerprint density at radius 3 is 2.19 bits per heavy atom. The Labute approximate surface area is 160 Å². The molecular formula is C22H25N5. The molecule has 1 fully saturated rings. The van der Waals surface area contributed by atoms with E-state index in [2.05, 4.69) is 82.5 Å². The molecule has 2 aromatic carbocycles. The van der Waals surface area contributed by atoms with E-state index in [0.717, 1.165) is 37.7 Å². The van der Waals surface area contributed by atoms with Gasteiger partial charge in [0.05, 0.1) is 0 Å². The van der Waals surface area contributed by atoms with Crippen LogP contribution in [-0.2, 0) is 0 Å². The molecule has 0 aliphatic carbocycles. The van der Waals surface area contributed by atoms with E-state index in [1.54, 1.807) is 0 Å². The van der Waals surface area contributed by atoms with Gasteiger partial charge in [0.25, 0.3) is 0 Å². The van der Waals surface area contributed by atoms with Crippen molar-refractivity contribution in [2.45, 2.75) is 13.8 Å². The Morgan fingerprint density at radius 2 is 1.48 bits per heavy atom. The van der Waals surface area contributed by atoms with Crippen LogP contribution in [0.5, 0.6) is 0 Å². The third kappa shape index (κ3) is 4.19.